The first kappa shape index (κ1) is 16.1. The maximum atomic E-state index is 12.3. The lowest BCUT2D eigenvalue weighted by Gasteiger charge is -2.34. The van der Waals surface area contributed by atoms with E-state index in [9.17, 15) is 4.79 Å². The van der Waals surface area contributed by atoms with E-state index in [0.717, 1.165) is 32.5 Å². The monoisotopic (exact) mass is 318 g/mol. The molecule has 2 aliphatic heterocycles. The molecule has 2 aliphatic rings. The molecule has 5 nitrogen and oxygen atoms in total. The van der Waals surface area contributed by atoms with Crippen LogP contribution in [0.25, 0.3) is 0 Å². The summed E-state index contributed by atoms with van der Waals surface area (Å²) in [6.45, 7) is 7.71. The van der Waals surface area contributed by atoms with Gasteiger partial charge in [0.1, 0.15) is 6.61 Å². The van der Waals surface area contributed by atoms with Gasteiger partial charge in [-0.3, -0.25) is 4.79 Å². The molecule has 1 aromatic carbocycles. The number of carbonyl (C=O) groups is 1. The van der Waals surface area contributed by atoms with Crippen LogP contribution in [-0.2, 0) is 4.79 Å². The van der Waals surface area contributed by atoms with Crippen molar-refractivity contribution in [2.24, 2.45) is 5.92 Å². The highest BCUT2D eigenvalue weighted by atomic mass is 16.6. The van der Waals surface area contributed by atoms with Crippen molar-refractivity contribution in [2.45, 2.75) is 38.8 Å². The zero-order chi connectivity index (χ0) is 16.2. The van der Waals surface area contributed by atoms with Crippen molar-refractivity contribution in [3.63, 3.8) is 0 Å². The van der Waals surface area contributed by atoms with Crippen molar-refractivity contribution in [1.82, 2.24) is 10.2 Å². The Morgan fingerprint density at radius 1 is 1.26 bits per heavy atom. The van der Waals surface area contributed by atoms with E-state index in [1.54, 1.807) is 0 Å². The van der Waals surface area contributed by atoms with Gasteiger partial charge in [-0.2, -0.15) is 0 Å². The van der Waals surface area contributed by atoms with Crippen LogP contribution in [0, 0.1) is 5.92 Å². The number of carbonyl (C=O) groups excluding carboxylic acids is 1. The summed E-state index contributed by atoms with van der Waals surface area (Å²) < 4.78 is 11.3. The Morgan fingerprint density at radius 2 is 1.96 bits per heavy atom. The van der Waals surface area contributed by atoms with Crippen LogP contribution in [0.2, 0.25) is 0 Å². The maximum absolute atomic E-state index is 12.3. The molecule has 23 heavy (non-hydrogen) atoms. The second kappa shape index (κ2) is 7.21. The lowest BCUT2D eigenvalue weighted by Crippen LogP contribution is -2.47. The van der Waals surface area contributed by atoms with E-state index >= 15 is 0 Å². The Balaban J connectivity index is 1.44. The Kier molecular flexibility index (Phi) is 5.06. The predicted octanol–water partition coefficient (Wildman–Crippen LogP) is 2.06. The molecule has 5 heteroatoms. The third-order valence-electron chi connectivity index (χ3n) is 4.75. The third kappa shape index (κ3) is 3.96. The van der Waals surface area contributed by atoms with E-state index in [2.05, 4.69) is 24.1 Å². The fraction of sp³-hybridized carbons (Fsp3) is 0.611. The van der Waals surface area contributed by atoms with Crippen molar-refractivity contribution in [3.05, 3.63) is 24.3 Å². The largest absolute Gasteiger partial charge is 0.485 e. The number of nitrogens with one attached hydrogen (secondary N) is 1. The van der Waals surface area contributed by atoms with E-state index < -0.39 is 6.10 Å². The number of ether oxygens (including phenoxy) is 2. The van der Waals surface area contributed by atoms with E-state index in [4.69, 9.17) is 9.47 Å². The molecular formula is C18H26N2O3. The number of rotatable bonds is 4. The zero-order valence-electron chi connectivity index (χ0n) is 14.0. The minimum absolute atomic E-state index is 0.0780. The lowest BCUT2D eigenvalue weighted by molar-refractivity contribution is -0.130. The van der Waals surface area contributed by atoms with Crippen LogP contribution in [0.3, 0.4) is 0 Å². The molecule has 1 fully saturated rings. The van der Waals surface area contributed by atoms with Crippen LogP contribution in [0.1, 0.15) is 26.7 Å². The summed E-state index contributed by atoms with van der Waals surface area (Å²) >= 11 is 0. The van der Waals surface area contributed by atoms with Gasteiger partial charge in [0.2, 0.25) is 6.10 Å². The second-order valence-electron chi connectivity index (χ2n) is 6.68. The first-order valence-corrected chi connectivity index (χ1v) is 8.53. The standard InChI is InChI=1S/C18H26N2O3/c1-13(2)20-9-7-14(8-10-20)11-19-18(21)17-12-22-15-5-3-4-6-16(15)23-17/h3-6,13-14,17H,7-12H2,1-2H3,(H,19,21). The number of hydrogen-bond donors (Lipinski definition) is 1. The van der Waals surface area contributed by atoms with E-state index in [1.165, 1.54) is 0 Å². The molecule has 1 atom stereocenters. The van der Waals surface area contributed by atoms with Crippen LogP contribution in [0.5, 0.6) is 11.5 Å². The average molecular weight is 318 g/mol. The predicted molar refractivity (Wildman–Crippen MR) is 88.8 cm³/mol. The molecule has 1 amide bonds. The molecule has 0 aliphatic carbocycles. The minimum atomic E-state index is -0.555. The van der Waals surface area contributed by atoms with Gasteiger partial charge >= 0.3 is 0 Å². The summed E-state index contributed by atoms with van der Waals surface area (Å²) in [5, 5.41) is 3.03. The molecule has 0 saturated carbocycles. The number of hydrogen-bond acceptors (Lipinski definition) is 4. The van der Waals surface area contributed by atoms with Gasteiger partial charge in [-0.1, -0.05) is 12.1 Å². The highest BCUT2D eigenvalue weighted by molar-refractivity contribution is 5.81. The Morgan fingerprint density at radius 3 is 2.65 bits per heavy atom. The fourth-order valence-electron chi connectivity index (χ4n) is 3.18. The summed E-state index contributed by atoms with van der Waals surface area (Å²) in [6, 6.07) is 8.07. The van der Waals surface area contributed by atoms with Gasteiger partial charge in [-0.25, -0.2) is 0 Å². The van der Waals surface area contributed by atoms with Crippen LogP contribution in [-0.4, -0.2) is 49.2 Å². The highest BCUT2D eigenvalue weighted by Gasteiger charge is 2.28. The molecule has 1 aromatic rings. The molecule has 1 saturated heterocycles. The number of benzene rings is 1. The molecule has 126 valence electrons. The van der Waals surface area contributed by atoms with Gasteiger partial charge in [0.15, 0.2) is 11.5 Å². The van der Waals surface area contributed by atoms with E-state index in [1.807, 2.05) is 24.3 Å². The third-order valence-corrected chi connectivity index (χ3v) is 4.75. The molecule has 0 aromatic heterocycles. The van der Waals surface area contributed by atoms with Gasteiger partial charge in [-0.15, -0.1) is 0 Å². The number of nitrogens with zero attached hydrogens (tertiary/aromatic N) is 1. The van der Waals surface area contributed by atoms with E-state index in [-0.39, 0.29) is 12.5 Å². The van der Waals surface area contributed by atoms with Gasteiger partial charge in [-0.05, 0) is 57.8 Å². The SMILES string of the molecule is CC(C)N1CCC(CNC(=O)C2COc3ccccc3O2)CC1. The molecule has 0 spiro atoms. The summed E-state index contributed by atoms with van der Waals surface area (Å²) in [4.78, 5) is 14.8. The smallest absolute Gasteiger partial charge is 0.264 e. The van der Waals surface area contributed by atoms with Crippen LogP contribution >= 0.6 is 0 Å². The van der Waals surface area contributed by atoms with Crippen LogP contribution in [0.4, 0.5) is 0 Å². The molecule has 2 heterocycles. The quantitative estimate of drug-likeness (QED) is 0.923. The zero-order valence-corrected chi connectivity index (χ0v) is 14.0. The molecule has 3 rings (SSSR count). The maximum Gasteiger partial charge on any atom is 0.264 e. The summed E-state index contributed by atoms with van der Waals surface area (Å²) in [5.74, 6) is 1.83. The highest BCUT2D eigenvalue weighted by Crippen LogP contribution is 2.30. The number of fused-ring (bicyclic) bond motifs is 1. The van der Waals surface area contributed by atoms with Crippen molar-refractivity contribution in [1.29, 1.82) is 0 Å². The molecule has 1 unspecified atom stereocenters. The van der Waals surface area contributed by atoms with Crippen LogP contribution < -0.4 is 14.8 Å². The molecule has 0 radical (unpaired) electrons. The fourth-order valence-corrected chi connectivity index (χ4v) is 3.18. The summed E-state index contributed by atoms with van der Waals surface area (Å²) in [5.41, 5.74) is 0. The van der Waals surface area contributed by atoms with Gasteiger partial charge < -0.3 is 19.7 Å². The van der Waals surface area contributed by atoms with Crippen molar-refractivity contribution >= 4 is 5.91 Å². The Bertz CT molecular complexity index is 539. The Labute approximate surface area is 137 Å². The molecular weight excluding hydrogens is 292 g/mol. The number of amides is 1. The second-order valence-corrected chi connectivity index (χ2v) is 6.68. The molecule has 0 bridgehead atoms. The lowest BCUT2D eigenvalue weighted by atomic mass is 9.96. The van der Waals surface area contributed by atoms with Crippen molar-refractivity contribution in [2.75, 3.05) is 26.2 Å². The van der Waals surface area contributed by atoms with Crippen molar-refractivity contribution < 1.29 is 14.3 Å². The average Bonchev–Trinajstić information content (AvgIpc) is 2.59. The Hall–Kier alpha value is -1.75. The first-order chi connectivity index (χ1) is 11.1. The first-order valence-electron chi connectivity index (χ1n) is 8.53. The topological polar surface area (TPSA) is 50.8 Å². The number of piperidine rings is 1. The minimum Gasteiger partial charge on any atom is -0.485 e. The van der Waals surface area contributed by atoms with Gasteiger partial charge in [0.05, 0.1) is 0 Å². The molecule has 1 N–H and O–H groups in total. The van der Waals surface area contributed by atoms with Crippen LogP contribution in [0.15, 0.2) is 24.3 Å². The summed E-state index contributed by atoms with van der Waals surface area (Å²) in [7, 11) is 0. The summed E-state index contributed by atoms with van der Waals surface area (Å²) in [6.07, 6.45) is 1.73. The van der Waals surface area contributed by atoms with Gasteiger partial charge in [0, 0.05) is 12.6 Å². The van der Waals surface area contributed by atoms with E-state index in [0.29, 0.717) is 23.5 Å². The number of likely N-dealkylation sites (tertiary alicyclic amines) is 1. The van der Waals surface area contributed by atoms with Crippen molar-refractivity contribution in [3.8, 4) is 11.5 Å². The normalized spacial score (nSPS) is 22.1. The van der Waals surface area contributed by atoms with Gasteiger partial charge in [0.25, 0.3) is 5.91 Å². The number of para-hydroxylation sites is 2.